The summed E-state index contributed by atoms with van der Waals surface area (Å²) in [5.41, 5.74) is 7.03. The molecule has 1 aliphatic carbocycles. The number of rotatable bonds is 6. The second-order valence-corrected chi connectivity index (χ2v) is 8.07. The molecule has 5 N–H and O–H groups in total. The number of alkyl halides is 3. The number of likely N-dealkylation sites (N-methyl/N-ethyl adjacent to an activating group) is 1. The number of nitrogens with two attached hydrogens (primary N) is 1. The summed E-state index contributed by atoms with van der Waals surface area (Å²) in [5.74, 6) is 0.413. The Bertz CT molecular complexity index is 1160. The smallest absolute Gasteiger partial charge is 0.325 e. The van der Waals surface area contributed by atoms with E-state index in [2.05, 4.69) is 15.2 Å². The van der Waals surface area contributed by atoms with Crippen molar-refractivity contribution < 1.29 is 13.2 Å². The summed E-state index contributed by atoms with van der Waals surface area (Å²) in [6.07, 6.45) is -0.402. The molecule has 0 bridgehead atoms. The van der Waals surface area contributed by atoms with Crippen LogP contribution in [0.5, 0.6) is 0 Å². The average molecular weight is 443 g/mol. The molecule has 168 valence electrons. The molecule has 0 aliphatic heterocycles. The number of hydrogen-bond donors (Lipinski definition) is 4. The van der Waals surface area contributed by atoms with Gasteiger partial charge in [-0.25, -0.2) is 4.98 Å². The number of amidine groups is 1. The Hall–Kier alpha value is -3.27. The number of benzene rings is 1. The first-order valence-electron chi connectivity index (χ1n) is 10.3. The third-order valence-electron chi connectivity index (χ3n) is 6.12. The second-order valence-electron chi connectivity index (χ2n) is 8.07. The lowest BCUT2D eigenvalue weighted by atomic mass is 9.72. The second kappa shape index (κ2) is 8.34. The van der Waals surface area contributed by atoms with Gasteiger partial charge in [0.2, 0.25) is 0 Å². The maximum absolute atomic E-state index is 13.4. The minimum absolute atomic E-state index is 0.103. The van der Waals surface area contributed by atoms with Crippen molar-refractivity contribution in [2.24, 2.45) is 11.7 Å². The first-order valence-corrected chi connectivity index (χ1v) is 10.3. The molecule has 2 aromatic heterocycles. The standard InChI is InChI=1S/C22H24F3N7/c1-32(11-27)21(28)18(12-4-2-5-12)13-6-3-7-14(8-13)19-15-9-17(22(23,24)25)29-16(10-26)20(15)31-30-19/h3,6-9,11-12,18,27-28H,2,4-5,10,26H2,1H3,(H,30,31)/t18-/m1/s1. The van der Waals surface area contributed by atoms with Crippen molar-refractivity contribution in [2.45, 2.75) is 37.9 Å². The summed E-state index contributed by atoms with van der Waals surface area (Å²) in [7, 11) is 1.67. The topological polar surface area (TPSA) is 119 Å². The van der Waals surface area contributed by atoms with Crippen LogP contribution in [0.1, 0.15) is 42.1 Å². The van der Waals surface area contributed by atoms with Gasteiger partial charge in [0.05, 0.1) is 17.5 Å². The van der Waals surface area contributed by atoms with Crippen LogP contribution < -0.4 is 5.73 Å². The van der Waals surface area contributed by atoms with Crippen LogP contribution in [-0.4, -0.2) is 39.3 Å². The summed E-state index contributed by atoms with van der Waals surface area (Å²) in [6, 6.07) is 8.40. The van der Waals surface area contributed by atoms with Crippen molar-refractivity contribution in [3.8, 4) is 11.3 Å². The molecule has 32 heavy (non-hydrogen) atoms. The van der Waals surface area contributed by atoms with Crippen LogP contribution in [0, 0.1) is 16.7 Å². The minimum atomic E-state index is -4.60. The molecule has 1 fully saturated rings. The van der Waals surface area contributed by atoms with Crippen LogP contribution >= 0.6 is 0 Å². The number of pyridine rings is 1. The quantitative estimate of drug-likeness (QED) is 0.331. The van der Waals surface area contributed by atoms with E-state index in [1.165, 1.54) is 4.90 Å². The zero-order valence-electron chi connectivity index (χ0n) is 17.5. The Labute approximate surface area is 182 Å². The predicted octanol–water partition coefficient (Wildman–Crippen LogP) is 4.50. The molecule has 0 unspecified atom stereocenters. The lowest BCUT2D eigenvalue weighted by Crippen LogP contribution is -2.36. The molecule has 0 radical (unpaired) electrons. The average Bonchev–Trinajstić information content (AvgIpc) is 3.18. The summed E-state index contributed by atoms with van der Waals surface area (Å²) in [4.78, 5) is 5.14. The van der Waals surface area contributed by atoms with Gasteiger partial charge in [0.25, 0.3) is 0 Å². The van der Waals surface area contributed by atoms with Gasteiger partial charge in [-0.2, -0.15) is 18.3 Å². The number of fused-ring (bicyclic) bond motifs is 1. The van der Waals surface area contributed by atoms with Crippen molar-refractivity contribution in [1.29, 1.82) is 10.8 Å². The molecular weight excluding hydrogens is 419 g/mol. The van der Waals surface area contributed by atoms with Crippen LogP contribution in [-0.2, 0) is 12.7 Å². The van der Waals surface area contributed by atoms with Gasteiger partial charge >= 0.3 is 6.18 Å². The molecule has 2 heterocycles. The predicted molar refractivity (Wildman–Crippen MR) is 117 cm³/mol. The number of aromatic nitrogens is 3. The zero-order chi connectivity index (χ0) is 23.0. The van der Waals surface area contributed by atoms with E-state index in [9.17, 15) is 13.2 Å². The normalized spacial score (nSPS) is 15.4. The van der Waals surface area contributed by atoms with Gasteiger partial charge in [0.15, 0.2) is 0 Å². The van der Waals surface area contributed by atoms with Crippen LogP contribution in [0.4, 0.5) is 13.2 Å². The Morgan fingerprint density at radius 1 is 1.34 bits per heavy atom. The number of nitrogens with zero attached hydrogens (tertiary/aromatic N) is 3. The maximum atomic E-state index is 13.4. The molecule has 0 saturated heterocycles. The summed E-state index contributed by atoms with van der Waals surface area (Å²) in [5, 5.41) is 23.5. The molecule has 0 spiro atoms. The highest BCUT2D eigenvalue weighted by molar-refractivity contribution is 5.96. The molecule has 0 amide bonds. The third kappa shape index (κ3) is 3.86. The van der Waals surface area contributed by atoms with Gasteiger partial charge in [-0.05, 0) is 36.5 Å². The number of halogens is 3. The lowest BCUT2D eigenvalue weighted by Gasteiger charge is -2.36. The van der Waals surface area contributed by atoms with Crippen LogP contribution in [0.15, 0.2) is 30.3 Å². The van der Waals surface area contributed by atoms with E-state index in [4.69, 9.17) is 16.6 Å². The number of nitrogens with one attached hydrogen (secondary N) is 3. The highest BCUT2D eigenvalue weighted by atomic mass is 19.4. The molecule has 3 aromatic rings. The number of H-pyrrole nitrogens is 1. The fraction of sp³-hybridized carbons (Fsp3) is 0.364. The van der Waals surface area contributed by atoms with Crippen molar-refractivity contribution in [3.05, 3.63) is 47.3 Å². The van der Waals surface area contributed by atoms with Crippen LogP contribution in [0.25, 0.3) is 22.2 Å². The molecule has 1 atom stereocenters. The largest absolute Gasteiger partial charge is 0.433 e. The fourth-order valence-electron chi connectivity index (χ4n) is 4.19. The molecule has 10 heteroatoms. The van der Waals surface area contributed by atoms with E-state index in [0.717, 1.165) is 37.2 Å². The van der Waals surface area contributed by atoms with Crippen molar-refractivity contribution in [3.63, 3.8) is 0 Å². The fourth-order valence-corrected chi connectivity index (χ4v) is 4.19. The van der Waals surface area contributed by atoms with Crippen LogP contribution in [0.2, 0.25) is 0 Å². The van der Waals surface area contributed by atoms with E-state index in [1.807, 2.05) is 18.2 Å². The summed E-state index contributed by atoms with van der Waals surface area (Å²) < 4.78 is 40.2. The number of aromatic amines is 1. The molecule has 7 nitrogen and oxygen atoms in total. The SMILES string of the molecule is CN(C=N)C(=N)[C@@H](c1cccc(-c2n[nH]c3c(CN)nc(C(F)(F)F)cc23)c1)C1CCC1. The van der Waals surface area contributed by atoms with Crippen molar-refractivity contribution >= 4 is 23.1 Å². The van der Waals surface area contributed by atoms with Gasteiger partial charge < -0.3 is 10.6 Å². The van der Waals surface area contributed by atoms with Gasteiger partial charge in [-0.1, -0.05) is 24.6 Å². The highest BCUT2D eigenvalue weighted by Crippen LogP contribution is 2.42. The van der Waals surface area contributed by atoms with E-state index in [1.54, 1.807) is 13.1 Å². The third-order valence-corrected chi connectivity index (χ3v) is 6.12. The Morgan fingerprint density at radius 3 is 2.69 bits per heavy atom. The van der Waals surface area contributed by atoms with E-state index < -0.39 is 11.9 Å². The maximum Gasteiger partial charge on any atom is 0.433 e. The van der Waals surface area contributed by atoms with Crippen molar-refractivity contribution in [1.82, 2.24) is 20.1 Å². The Morgan fingerprint density at radius 2 is 2.09 bits per heavy atom. The van der Waals surface area contributed by atoms with E-state index in [-0.39, 0.29) is 18.2 Å². The molecule has 1 aromatic carbocycles. The Balaban J connectivity index is 1.82. The van der Waals surface area contributed by atoms with Gasteiger partial charge in [-0.15, -0.1) is 0 Å². The van der Waals surface area contributed by atoms with E-state index in [0.29, 0.717) is 33.9 Å². The molecule has 1 saturated carbocycles. The monoisotopic (exact) mass is 443 g/mol. The summed E-state index contributed by atoms with van der Waals surface area (Å²) >= 11 is 0. The Kier molecular flexibility index (Phi) is 5.72. The van der Waals surface area contributed by atoms with Gasteiger partial charge in [-0.3, -0.25) is 15.9 Å². The van der Waals surface area contributed by atoms with Crippen LogP contribution in [0.3, 0.4) is 0 Å². The first kappa shape index (κ1) is 21.9. The van der Waals surface area contributed by atoms with E-state index >= 15 is 0 Å². The lowest BCUT2D eigenvalue weighted by molar-refractivity contribution is -0.141. The molecule has 4 rings (SSSR count). The highest BCUT2D eigenvalue weighted by Gasteiger charge is 2.35. The van der Waals surface area contributed by atoms with Crippen molar-refractivity contribution in [2.75, 3.05) is 7.05 Å². The molecule has 1 aliphatic rings. The van der Waals surface area contributed by atoms with Gasteiger partial charge in [0.1, 0.15) is 17.2 Å². The first-order chi connectivity index (χ1) is 15.2. The van der Waals surface area contributed by atoms with Gasteiger partial charge in [0, 0.05) is 30.5 Å². The number of hydrogen-bond acceptors (Lipinski definition) is 5. The zero-order valence-corrected chi connectivity index (χ0v) is 17.5. The molecular formula is C22H24F3N7. The minimum Gasteiger partial charge on any atom is -0.325 e. The summed E-state index contributed by atoms with van der Waals surface area (Å²) in [6.45, 7) is -0.154.